The molecule has 0 amide bonds. The van der Waals surface area contributed by atoms with Gasteiger partial charge in [0.25, 0.3) is 0 Å². The van der Waals surface area contributed by atoms with E-state index in [-0.39, 0.29) is 10.6 Å². The average molecular weight is 343 g/mol. The van der Waals surface area contributed by atoms with Crippen LogP contribution in [0.25, 0.3) is 0 Å². The molecule has 0 aliphatic heterocycles. The van der Waals surface area contributed by atoms with E-state index in [1.54, 1.807) is 24.3 Å². The van der Waals surface area contributed by atoms with Gasteiger partial charge in [-0.3, -0.25) is 0 Å². The lowest BCUT2D eigenvalue weighted by atomic mass is 10.3. The van der Waals surface area contributed by atoms with Crippen LogP contribution in [-0.2, 0) is 10.0 Å². The summed E-state index contributed by atoms with van der Waals surface area (Å²) in [6.45, 7) is 0. The van der Waals surface area contributed by atoms with Gasteiger partial charge in [-0.1, -0.05) is 12.1 Å². The maximum atomic E-state index is 11.5. The molecule has 2 aromatic rings. The second-order valence-electron chi connectivity index (χ2n) is 3.78. The van der Waals surface area contributed by atoms with E-state index in [0.717, 1.165) is 0 Å². The Hall–Kier alpha value is -1.57. The Balaban J connectivity index is 2.50. The number of hydrogen-bond donors (Lipinski definition) is 2. The number of ether oxygens (including phenoxy) is 1. The van der Waals surface area contributed by atoms with E-state index in [9.17, 15) is 8.42 Å². The van der Waals surface area contributed by atoms with Gasteiger partial charge in [0.1, 0.15) is 16.4 Å². The largest absolute Gasteiger partial charge is 0.455 e. The van der Waals surface area contributed by atoms with Gasteiger partial charge >= 0.3 is 0 Å². The first kappa shape index (κ1) is 13.9. The molecule has 0 aliphatic rings. The number of para-hydroxylation sites is 1. The zero-order valence-corrected chi connectivity index (χ0v) is 12.1. The molecule has 5 nitrogen and oxygen atoms in total. The summed E-state index contributed by atoms with van der Waals surface area (Å²) in [5, 5.41) is 5.14. The van der Waals surface area contributed by atoms with E-state index < -0.39 is 10.0 Å². The summed E-state index contributed by atoms with van der Waals surface area (Å²) in [6.07, 6.45) is 0. The monoisotopic (exact) mass is 342 g/mol. The number of benzene rings is 2. The molecule has 0 heterocycles. The molecule has 100 valence electrons. The Morgan fingerprint density at radius 2 is 1.74 bits per heavy atom. The number of nitrogens with two attached hydrogens (primary N) is 2. The number of halogens is 1. The number of sulfonamides is 1. The Kier molecular flexibility index (Phi) is 3.79. The van der Waals surface area contributed by atoms with Crippen molar-refractivity contribution in [2.45, 2.75) is 4.90 Å². The standard InChI is InChI=1S/C12H11BrN2O3S/c13-9-3-1-2-4-10(9)18-11-6-5-8(14)7-12(11)19(15,16)17/h1-7H,14H2,(H2,15,16,17). The molecule has 0 aromatic heterocycles. The summed E-state index contributed by atoms with van der Waals surface area (Å²) in [5.74, 6) is 0.612. The molecule has 4 N–H and O–H groups in total. The fraction of sp³-hybridized carbons (Fsp3) is 0. The molecule has 0 saturated heterocycles. The molecule has 2 aromatic carbocycles. The molecule has 0 unspecified atom stereocenters. The van der Waals surface area contributed by atoms with Gasteiger partial charge in [0, 0.05) is 5.69 Å². The van der Waals surface area contributed by atoms with Crippen molar-refractivity contribution in [1.82, 2.24) is 0 Å². The van der Waals surface area contributed by atoms with Gasteiger partial charge < -0.3 is 10.5 Å². The zero-order chi connectivity index (χ0) is 14.0. The predicted octanol–water partition coefficient (Wildman–Crippen LogP) is 2.47. The summed E-state index contributed by atoms with van der Waals surface area (Å²) < 4.78 is 29.3. The van der Waals surface area contributed by atoms with E-state index >= 15 is 0 Å². The topological polar surface area (TPSA) is 95.4 Å². The van der Waals surface area contributed by atoms with Crippen molar-refractivity contribution in [1.29, 1.82) is 0 Å². The average Bonchev–Trinajstić information content (AvgIpc) is 2.33. The molecule has 0 aliphatic carbocycles. The van der Waals surface area contributed by atoms with Gasteiger partial charge in [-0.15, -0.1) is 0 Å². The van der Waals surface area contributed by atoms with Crippen molar-refractivity contribution < 1.29 is 13.2 Å². The van der Waals surface area contributed by atoms with Crippen molar-refractivity contribution in [3.63, 3.8) is 0 Å². The zero-order valence-electron chi connectivity index (χ0n) is 9.71. The molecule has 0 fully saturated rings. The molecule has 0 saturated carbocycles. The van der Waals surface area contributed by atoms with Crippen molar-refractivity contribution in [2.24, 2.45) is 5.14 Å². The normalized spacial score (nSPS) is 11.3. The lowest BCUT2D eigenvalue weighted by Crippen LogP contribution is -2.13. The first-order valence-corrected chi connectivity index (χ1v) is 7.56. The number of anilines is 1. The van der Waals surface area contributed by atoms with Crippen molar-refractivity contribution >= 4 is 31.6 Å². The van der Waals surface area contributed by atoms with Gasteiger partial charge in [-0.25, -0.2) is 13.6 Å². The van der Waals surface area contributed by atoms with Crippen LogP contribution in [0, 0.1) is 0 Å². The number of primary sulfonamides is 1. The van der Waals surface area contributed by atoms with Crippen molar-refractivity contribution in [3.8, 4) is 11.5 Å². The van der Waals surface area contributed by atoms with Crippen LogP contribution >= 0.6 is 15.9 Å². The quantitative estimate of drug-likeness (QED) is 0.837. The Morgan fingerprint density at radius 1 is 1.05 bits per heavy atom. The van der Waals surface area contributed by atoms with E-state index in [1.807, 2.05) is 6.07 Å². The number of hydrogen-bond acceptors (Lipinski definition) is 4. The highest BCUT2D eigenvalue weighted by Crippen LogP contribution is 2.33. The third-order valence-electron chi connectivity index (χ3n) is 2.33. The first-order chi connectivity index (χ1) is 8.88. The molecular weight excluding hydrogens is 332 g/mol. The summed E-state index contributed by atoms with van der Waals surface area (Å²) in [6, 6.07) is 11.3. The van der Waals surface area contributed by atoms with Crippen LogP contribution in [-0.4, -0.2) is 8.42 Å². The van der Waals surface area contributed by atoms with Crippen LogP contribution in [0.1, 0.15) is 0 Å². The van der Waals surface area contributed by atoms with E-state index in [2.05, 4.69) is 15.9 Å². The summed E-state index contributed by atoms with van der Waals surface area (Å²) >= 11 is 3.31. The minimum absolute atomic E-state index is 0.128. The molecular formula is C12H11BrN2O3S. The third-order valence-corrected chi connectivity index (χ3v) is 3.92. The molecule has 19 heavy (non-hydrogen) atoms. The van der Waals surface area contributed by atoms with Crippen molar-refractivity contribution in [2.75, 3.05) is 5.73 Å². The summed E-state index contributed by atoms with van der Waals surface area (Å²) in [5.41, 5.74) is 5.86. The van der Waals surface area contributed by atoms with E-state index in [1.165, 1.54) is 12.1 Å². The second-order valence-corrected chi connectivity index (χ2v) is 6.17. The van der Waals surface area contributed by atoms with Crippen LogP contribution in [0.5, 0.6) is 11.5 Å². The highest BCUT2D eigenvalue weighted by Gasteiger charge is 2.17. The van der Waals surface area contributed by atoms with Crippen LogP contribution in [0.4, 0.5) is 5.69 Å². The van der Waals surface area contributed by atoms with Crippen molar-refractivity contribution in [3.05, 3.63) is 46.9 Å². The highest BCUT2D eigenvalue weighted by molar-refractivity contribution is 9.10. The summed E-state index contributed by atoms with van der Waals surface area (Å²) in [4.78, 5) is -0.150. The number of nitrogen functional groups attached to an aromatic ring is 1. The molecule has 0 spiro atoms. The lowest BCUT2D eigenvalue weighted by Gasteiger charge is -2.11. The van der Waals surface area contributed by atoms with Crippen LogP contribution in [0.2, 0.25) is 0 Å². The van der Waals surface area contributed by atoms with Crippen LogP contribution in [0.15, 0.2) is 51.8 Å². The fourth-order valence-corrected chi connectivity index (χ4v) is 2.53. The van der Waals surface area contributed by atoms with E-state index in [0.29, 0.717) is 15.9 Å². The lowest BCUT2D eigenvalue weighted by molar-refractivity contribution is 0.465. The maximum Gasteiger partial charge on any atom is 0.241 e. The van der Waals surface area contributed by atoms with Gasteiger partial charge in [0.2, 0.25) is 10.0 Å². The molecule has 7 heteroatoms. The Morgan fingerprint density at radius 3 is 2.37 bits per heavy atom. The minimum atomic E-state index is -3.91. The van der Waals surface area contributed by atoms with Gasteiger partial charge in [0.05, 0.1) is 4.47 Å². The maximum absolute atomic E-state index is 11.5. The molecule has 2 rings (SSSR count). The number of rotatable bonds is 3. The second kappa shape index (κ2) is 5.20. The minimum Gasteiger partial charge on any atom is -0.455 e. The third kappa shape index (κ3) is 3.25. The van der Waals surface area contributed by atoms with E-state index in [4.69, 9.17) is 15.6 Å². The molecule has 0 atom stereocenters. The highest BCUT2D eigenvalue weighted by atomic mass is 79.9. The summed E-state index contributed by atoms with van der Waals surface area (Å²) in [7, 11) is -3.91. The predicted molar refractivity (Wildman–Crippen MR) is 76.4 cm³/mol. The smallest absolute Gasteiger partial charge is 0.241 e. The molecule has 0 radical (unpaired) electrons. The van der Waals surface area contributed by atoms with Gasteiger partial charge in [0.15, 0.2) is 0 Å². The van der Waals surface area contributed by atoms with Crippen LogP contribution in [0.3, 0.4) is 0 Å². The van der Waals surface area contributed by atoms with Crippen LogP contribution < -0.4 is 15.6 Å². The fourth-order valence-electron chi connectivity index (χ4n) is 1.48. The Bertz CT molecular complexity index is 717. The first-order valence-electron chi connectivity index (χ1n) is 5.22. The Labute approximate surface area is 119 Å². The molecule has 0 bridgehead atoms. The van der Waals surface area contributed by atoms with Gasteiger partial charge in [-0.05, 0) is 46.3 Å². The van der Waals surface area contributed by atoms with Gasteiger partial charge in [-0.2, -0.15) is 0 Å². The SMILES string of the molecule is Nc1ccc(Oc2ccccc2Br)c(S(N)(=O)=O)c1.